The van der Waals surface area contributed by atoms with Gasteiger partial charge in [-0.05, 0) is 6.42 Å². The molecule has 0 fully saturated rings. The predicted octanol–water partition coefficient (Wildman–Crippen LogP) is 6.57. The van der Waals surface area contributed by atoms with Crippen LogP contribution in [0.25, 0.3) is 0 Å². The van der Waals surface area contributed by atoms with E-state index < -0.39 is 0 Å². The molecule has 1 heterocycles. The van der Waals surface area contributed by atoms with Gasteiger partial charge in [-0.2, -0.15) is 0 Å². The van der Waals surface area contributed by atoms with E-state index in [1.165, 1.54) is 96.3 Å². The first-order valence-corrected chi connectivity index (χ1v) is 10.5. The van der Waals surface area contributed by atoms with Crippen molar-refractivity contribution in [3.8, 4) is 0 Å². The summed E-state index contributed by atoms with van der Waals surface area (Å²) in [6, 6.07) is 0. The van der Waals surface area contributed by atoms with E-state index in [0.29, 0.717) is 5.92 Å². The molecule has 0 aliphatic carbocycles. The van der Waals surface area contributed by atoms with E-state index in [9.17, 15) is 0 Å². The quantitative estimate of drug-likeness (QED) is 0.274. The molecule has 24 heavy (non-hydrogen) atoms. The third-order valence-corrected chi connectivity index (χ3v) is 5.13. The summed E-state index contributed by atoms with van der Waals surface area (Å²) >= 11 is 0. The smallest absolute Gasteiger partial charge is 0.129 e. The summed E-state index contributed by atoms with van der Waals surface area (Å²) in [5, 5.41) is 0. The topological polar surface area (TPSA) is 43.8 Å². The number of rotatable bonds is 16. The largest absolute Gasteiger partial charge is 0.338 e. The summed E-state index contributed by atoms with van der Waals surface area (Å²) in [6.45, 7) is 4.52. The van der Waals surface area contributed by atoms with Crippen LogP contribution in [0.15, 0.2) is 12.4 Å². The lowest BCUT2D eigenvalue weighted by Gasteiger charge is -2.10. The number of nitrogen functional groups attached to an aromatic ring is 1. The van der Waals surface area contributed by atoms with Crippen molar-refractivity contribution in [2.75, 3.05) is 5.84 Å². The summed E-state index contributed by atoms with van der Waals surface area (Å²) in [4.78, 5) is 4.34. The fourth-order valence-electron chi connectivity index (χ4n) is 3.48. The maximum Gasteiger partial charge on any atom is 0.129 e. The molecule has 0 amide bonds. The van der Waals surface area contributed by atoms with Crippen molar-refractivity contribution in [2.24, 2.45) is 0 Å². The van der Waals surface area contributed by atoms with Crippen LogP contribution in [0.5, 0.6) is 0 Å². The fourth-order valence-corrected chi connectivity index (χ4v) is 3.48. The van der Waals surface area contributed by atoms with Crippen molar-refractivity contribution < 1.29 is 0 Å². The molecule has 1 atom stereocenters. The number of nitrogens with zero attached hydrogens (tertiary/aromatic N) is 2. The van der Waals surface area contributed by atoms with Crippen molar-refractivity contribution in [1.82, 2.24) is 9.66 Å². The first-order chi connectivity index (χ1) is 11.8. The van der Waals surface area contributed by atoms with E-state index in [1.807, 2.05) is 6.20 Å². The zero-order chi connectivity index (χ0) is 17.5. The molecule has 0 aliphatic heterocycles. The van der Waals surface area contributed by atoms with E-state index in [-0.39, 0.29) is 0 Å². The monoisotopic (exact) mass is 335 g/mol. The first kappa shape index (κ1) is 21.1. The lowest BCUT2D eigenvalue weighted by atomic mass is 10.0. The summed E-state index contributed by atoms with van der Waals surface area (Å²) < 4.78 is 1.66. The second-order valence-electron chi connectivity index (χ2n) is 7.48. The van der Waals surface area contributed by atoms with Crippen LogP contribution in [-0.2, 0) is 0 Å². The van der Waals surface area contributed by atoms with Crippen molar-refractivity contribution in [1.29, 1.82) is 0 Å². The van der Waals surface area contributed by atoms with Gasteiger partial charge in [-0.3, -0.25) is 4.68 Å². The lowest BCUT2D eigenvalue weighted by Crippen LogP contribution is -2.13. The minimum atomic E-state index is 0.474. The summed E-state index contributed by atoms with van der Waals surface area (Å²) in [5.74, 6) is 7.34. The minimum Gasteiger partial charge on any atom is -0.338 e. The van der Waals surface area contributed by atoms with Crippen LogP contribution in [0.4, 0.5) is 0 Å². The van der Waals surface area contributed by atoms with Gasteiger partial charge in [-0.15, -0.1) is 0 Å². The molecular weight excluding hydrogens is 294 g/mol. The molecule has 3 nitrogen and oxygen atoms in total. The van der Waals surface area contributed by atoms with Crippen LogP contribution in [0, 0.1) is 0 Å². The highest BCUT2D eigenvalue weighted by molar-refractivity contribution is 4.98. The molecule has 0 aliphatic rings. The third kappa shape index (κ3) is 10.00. The summed E-state index contributed by atoms with van der Waals surface area (Å²) in [6.07, 6.45) is 24.6. The number of hydrogen-bond acceptors (Lipinski definition) is 2. The van der Waals surface area contributed by atoms with Gasteiger partial charge in [0.2, 0.25) is 0 Å². The zero-order valence-electron chi connectivity index (χ0n) is 16.3. The first-order valence-electron chi connectivity index (χ1n) is 10.5. The number of aromatic nitrogens is 2. The minimum absolute atomic E-state index is 0.474. The van der Waals surface area contributed by atoms with Gasteiger partial charge in [0.1, 0.15) is 5.82 Å². The van der Waals surface area contributed by atoms with Gasteiger partial charge in [0, 0.05) is 18.3 Å². The molecule has 0 spiro atoms. The van der Waals surface area contributed by atoms with Gasteiger partial charge in [-0.25, -0.2) is 4.98 Å². The van der Waals surface area contributed by atoms with Gasteiger partial charge in [0.25, 0.3) is 0 Å². The Morgan fingerprint density at radius 3 is 1.71 bits per heavy atom. The molecule has 140 valence electrons. The molecule has 1 aromatic rings. The van der Waals surface area contributed by atoms with Gasteiger partial charge in [-0.1, -0.05) is 104 Å². The molecular formula is C21H41N3. The second-order valence-corrected chi connectivity index (χ2v) is 7.48. The lowest BCUT2D eigenvalue weighted by molar-refractivity contribution is 0.517. The van der Waals surface area contributed by atoms with Crippen LogP contribution < -0.4 is 5.84 Å². The Morgan fingerprint density at radius 2 is 1.29 bits per heavy atom. The Kier molecular flexibility index (Phi) is 12.6. The van der Waals surface area contributed by atoms with Crippen LogP contribution in [-0.4, -0.2) is 9.66 Å². The van der Waals surface area contributed by atoms with E-state index in [1.54, 1.807) is 10.9 Å². The highest BCUT2D eigenvalue weighted by atomic mass is 15.3. The Morgan fingerprint density at radius 1 is 0.833 bits per heavy atom. The molecule has 1 unspecified atom stereocenters. The van der Waals surface area contributed by atoms with Crippen molar-refractivity contribution in [3.05, 3.63) is 18.2 Å². The molecule has 0 aromatic carbocycles. The molecule has 0 saturated carbocycles. The van der Waals surface area contributed by atoms with E-state index in [4.69, 9.17) is 5.84 Å². The highest BCUT2D eigenvalue weighted by Crippen LogP contribution is 2.20. The molecule has 0 saturated heterocycles. The normalized spacial score (nSPS) is 12.6. The zero-order valence-corrected chi connectivity index (χ0v) is 16.3. The SMILES string of the molecule is CCCCCCCCCCCCCCCCC(C)c1nccn1N. The van der Waals surface area contributed by atoms with Crippen molar-refractivity contribution in [3.63, 3.8) is 0 Å². The van der Waals surface area contributed by atoms with E-state index >= 15 is 0 Å². The number of hydrogen-bond donors (Lipinski definition) is 1. The maximum absolute atomic E-state index is 5.85. The third-order valence-electron chi connectivity index (χ3n) is 5.13. The summed E-state index contributed by atoms with van der Waals surface area (Å²) in [7, 11) is 0. The number of unbranched alkanes of at least 4 members (excludes halogenated alkanes) is 13. The molecule has 2 N–H and O–H groups in total. The Labute approximate surface area is 150 Å². The van der Waals surface area contributed by atoms with Gasteiger partial charge >= 0.3 is 0 Å². The fraction of sp³-hybridized carbons (Fsp3) is 0.857. The van der Waals surface area contributed by atoms with Crippen LogP contribution in [0.1, 0.15) is 122 Å². The Bertz CT molecular complexity index is 386. The molecule has 1 rings (SSSR count). The van der Waals surface area contributed by atoms with Crippen molar-refractivity contribution in [2.45, 2.75) is 116 Å². The van der Waals surface area contributed by atoms with Gasteiger partial charge in [0.05, 0.1) is 0 Å². The second kappa shape index (κ2) is 14.4. The molecule has 1 aromatic heterocycles. The van der Waals surface area contributed by atoms with E-state index in [2.05, 4.69) is 18.8 Å². The average Bonchev–Trinajstić information content (AvgIpc) is 3.01. The van der Waals surface area contributed by atoms with Crippen molar-refractivity contribution >= 4 is 0 Å². The number of imidazole rings is 1. The van der Waals surface area contributed by atoms with Crippen LogP contribution in [0.3, 0.4) is 0 Å². The molecule has 0 radical (unpaired) electrons. The standard InChI is InChI=1S/C21H41N3/c1-3-4-5-6-7-8-9-10-11-12-13-14-15-16-17-20(2)21-23-18-19-24(21)22/h18-20H,3-17,22H2,1-2H3. The Hall–Kier alpha value is -0.990. The Balaban J connectivity index is 1.80. The van der Waals surface area contributed by atoms with Gasteiger partial charge < -0.3 is 5.84 Å². The number of nitrogens with two attached hydrogens (primary N) is 1. The maximum atomic E-state index is 5.85. The van der Waals surface area contributed by atoms with Crippen LogP contribution >= 0.6 is 0 Å². The predicted molar refractivity (Wildman–Crippen MR) is 106 cm³/mol. The molecule has 0 bridgehead atoms. The average molecular weight is 336 g/mol. The summed E-state index contributed by atoms with van der Waals surface area (Å²) in [5.41, 5.74) is 0. The van der Waals surface area contributed by atoms with E-state index in [0.717, 1.165) is 5.82 Å². The van der Waals surface area contributed by atoms with Gasteiger partial charge in [0.15, 0.2) is 0 Å². The highest BCUT2D eigenvalue weighted by Gasteiger charge is 2.09. The molecule has 3 heteroatoms. The van der Waals surface area contributed by atoms with Crippen LogP contribution in [0.2, 0.25) is 0 Å².